The van der Waals surface area contributed by atoms with Crippen LogP contribution in [-0.2, 0) is 9.59 Å². The van der Waals surface area contributed by atoms with Crippen molar-refractivity contribution in [3.63, 3.8) is 0 Å². The zero-order valence-corrected chi connectivity index (χ0v) is 11.8. The van der Waals surface area contributed by atoms with Gasteiger partial charge >= 0.3 is 5.97 Å². The number of hydrogen-bond acceptors (Lipinski definition) is 4. The third-order valence-corrected chi connectivity index (χ3v) is 3.63. The number of carboxylic acids is 1. The number of aliphatic carboxylic acids is 1. The molecule has 2 aromatic rings. The standard InChI is InChI=1S/C14H16N4O3/c1-7(2)18-12-8(5-16-18)3-9(6-15-12)17-13(19)10-4-11(10)14(20)21/h3,5-7,10-11H,4H2,1-2H3,(H,17,19)(H,20,21)/t10-,11+/m1/s1. The van der Waals surface area contributed by atoms with E-state index in [1.54, 1.807) is 18.5 Å². The molecule has 0 spiro atoms. The topological polar surface area (TPSA) is 97.1 Å². The van der Waals surface area contributed by atoms with Crippen LogP contribution < -0.4 is 5.32 Å². The molecule has 0 aliphatic heterocycles. The Kier molecular flexibility index (Phi) is 3.12. The van der Waals surface area contributed by atoms with Gasteiger partial charge in [0, 0.05) is 11.4 Å². The minimum absolute atomic E-state index is 0.207. The van der Waals surface area contributed by atoms with Gasteiger partial charge in [0.15, 0.2) is 5.65 Å². The van der Waals surface area contributed by atoms with Crippen LogP contribution >= 0.6 is 0 Å². The van der Waals surface area contributed by atoms with E-state index in [2.05, 4.69) is 15.4 Å². The molecule has 0 aromatic carbocycles. The maximum Gasteiger partial charge on any atom is 0.307 e. The number of amides is 1. The molecule has 1 fully saturated rings. The van der Waals surface area contributed by atoms with E-state index >= 15 is 0 Å². The first-order valence-electron chi connectivity index (χ1n) is 6.84. The minimum Gasteiger partial charge on any atom is -0.481 e. The molecule has 0 unspecified atom stereocenters. The van der Waals surface area contributed by atoms with Crippen LogP contribution in [0.3, 0.4) is 0 Å². The van der Waals surface area contributed by atoms with E-state index in [1.165, 1.54) is 0 Å². The molecule has 3 rings (SSSR count). The molecule has 7 heteroatoms. The molecule has 2 atom stereocenters. The summed E-state index contributed by atoms with van der Waals surface area (Å²) in [4.78, 5) is 27.0. The lowest BCUT2D eigenvalue weighted by molar-refractivity contribution is -0.139. The van der Waals surface area contributed by atoms with Gasteiger partial charge in [0.1, 0.15) is 0 Å². The zero-order valence-electron chi connectivity index (χ0n) is 11.8. The number of nitrogens with zero attached hydrogens (tertiary/aromatic N) is 3. The molecular formula is C14H16N4O3. The molecule has 0 radical (unpaired) electrons. The average Bonchev–Trinajstić information content (AvgIpc) is 3.12. The van der Waals surface area contributed by atoms with Gasteiger partial charge in [-0.05, 0) is 26.3 Å². The predicted octanol–water partition coefficient (Wildman–Crippen LogP) is 1.67. The number of carboxylic acid groups (broad SMARTS) is 1. The number of carbonyl (C=O) groups excluding carboxylic acids is 1. The highest BCUT2D eigenvalue weighted by atomic mass is 16.4. The first kappa shape index (κ1) is 13.5. The van der Waals surface area contributed by atoms with Gasteiger partial charge in [-0.1, -0.05) is 0 Å². The molecule has 2 heterocycles. The highest BCUT2D eigenvalue weighted by Crippen LogP contribution is 2.39. The Balaban J connectivity index is 1.76. The summed E-state index contributed by atoms with van der Waals surface area (Å²) in [7, 11) is 0. The predicted molar refractivity (Wildman–Crippen MR) is 75.8 cm³/mol. The van der Waals surface area contributed by atoms with Crippen LogP contribution in [0, 0.1) is 11.8 Å². The van der Waals surface area contributed by atoms with Gasteiger partial charge in [0.25, 0.3) is 0 Å². The monoisotopic (exact) mass is 288 g/mol. The summed E-state index contributed by atoms with van der Waals surface area (Å²) in [6.45, 7) is 4.03. The van der Waals surface area contributed by atoms with Gasteiger partial charge < -0.3 is 10.4 Å². The van der Waals surface area contributed by atoms with Crippen molar-refractivity contribution in [2.75, 3.05) is 5.32 Å². The Morgan fingerprint density at radius 1 is 1.38 bits per heavy atom. The molecule has 110 valence electrons. The Morgan fingerprint density at radius 3 is 2.76 bits per heavy atom. The third kappa shape index (κ3) is 2.46. The van der Waals surface area contributed by atoms with Crippen LogP contribution in [0.5, 0.6) is 0 Å². The summed E-state index contributed by atoms with van der Waals surface area (Å²) < 4.78 is 1.81. The molecule has 2 aromatic heterocycles. The normalized spacial score (nSPS) is 20.7. The molecule has 21 heavy (non-hydrogen) atoms. The maximum absolute atomic E-state index is 11.9. The molecule has 1 saturated carbocycles. The molecule has 7 nitrogen and oxygen atoms in total. The van der Waals surface area contributed by atoms with Crippen molar-refractivity contribution in [3.05, 3.63) is 18.5 Å². The fraction of sp³-hybridized carbons (Fsp3) is 0.429. The number of carbonyl (C=O) groups is 2. The highest BCUT2D eigenvalue weighted by Gasteiger charge is 2.48. The van der Waals surface area contributed by atoms with E-state index in [4.69, 9.17) is 5.11 Å². The van der Waals surface area contributed by atoms with E-state index in [0.717, 1.165) is 11.0 Å². The summed E-state index contributed by atoms with van der Waals surface area (Å²) in [5.41, 5.74) is 1.32. The first-order chi connectivity index (χ1) is 9.97. The Bertz CT molecular complexity index is 722. The fourth-order valence-corrected chi connectivity index (χ4v) is 2.38. The van der Waals surface area contributed by atoms with E-state index in [1.807, 2.05) is 18.5 Å². The van der Waals surface area contributed by atoms with Crippen molar-refractivity contribution in [2.24, 2.45) is 11.8 Å². The van der Waals surface area contributed by atoms with Gasteiger partial charge in [0.05, 0.1) is 29.9 Å². The Hall–Kier alpha value is -2.44. The molecular weight excluding hydrogens is 272 g/mol. The van der Waals surface area contributed by atoms with Crippen molar-refractivity contribution in [2.45, 2.75) is 26.3 Å². The summed E-state index contributed by atoms with van der Waals surface area (Å²) in [5, 5.41) is 16.7. The second-order valence-corrected chi connectivity index (χ2v) is 5.60. The second kappa shape index (κ2) is 4.83. The highest BCUT2D eigenvalue weighted by molar-refractivity contribution is 5.99. The van der Waals surface area contributed by atoms with Gasteiger partial charge in [-0.15, -0.1) is 0 Å². The SMILES string of the molecule is CC(C)n1ncc2cc(NC(=O)[C@@H]3C[C@@H]3C(=O)O)cnc21. The lowest BCUT2D eigenvalue weighted by Crippen LogP contribution is -2.16. The number of fused-ring (bicyclic) bond motifs is 1. The quantitative estimate of drug-likeness (QED) is 0.892. The Morgan fingerprint density at radius 2 is 2.14 bits per heavy atom. The van der Waals surface area contributed by atoms with Crippen molar-refractivity contribution in [3.8, 4) is 0 Å². The van der Waals surface area contributed by atoms with Gasteiger partial charge in [0.2, 0.25) is 5.91 Å². The average molecular weight is 288 g/mol. The maximum atomic E-state index is 11.9. The van der Waals surface area contributed by atoms with E-state index in [0.29, 0.717) is 12.1 Å². The lowest BCUT2D eigenvalue weighted by atomic mass is 10.2. The largest absolute Gasteiger partial charge is 0.481 e. The van der Waals surface area contributed by atoms with Crippen LogP contribution in [-0.4, -0.2) is 31.7 Å². The smallest absolute Gasteiger partial charge is 0.307 e. The number of anilines is 1. The van der Waals surface area contributed by atoms with Crippen molar-refractivity contribution >= 4 is 28.6 Å². The number of hydrogen-bond donors (Lipinski definition) is 2. The lowest BCUT2D eigenvalue weighted by Gasteiger charge is -2.07. The fourth-order valence-electron chi connectivity index (χ4n) is 2.38. The summed E-state index contributed by atoms with van der Waals surface area (Å²) in [5.74, 6) is -2.16. The van der Waals surface area contributed by atoms with E-state index < -0.39 is 17.8 Å². The number of rotatable bonds is 4. The van der Waals surface area contributed by atoms with Gasteiger partial charge in [-0.25, -0.2) is 9.67 Å². The minimum atomic E-state index is -0.915. The molecule has 0 saturated heterocycles. The van der Waals surface area contributed by atoms with E-state index in [-0.39, 0.29) is 11.9 Å². The number of nitrogens with one attached hydrogen (secondary N) is 1. The molecule has 1 amide bonds. The molecule has 1 aliphatic carbocycles. The van der Waals surface area contributed by atoms with Crippen molar-refractivity contribution in [1.29, 1.82) is 0 Å². The summed E-state index contributed by atoms with van der Waals surface area (Å²) >= 11 is 0. The van der Waals surface area contributed by atoms with Gasteiger partial charge in [-0.3, -0.25) is 9.59 Å². The number of aromatic nitrogens is 3. The number of pyridine rings is 1. The van der Waals surface area contributed by atoms with Crippen molar-refractivity contribution < 1.29 is 14.7 Å². The van der Waals surface area contributed by atoms with Crippen LogP contribution in [0.2, 0.25) is 0 Å². The second-order valence-electron chi connectivity index (χ2n) is 5.60. The van der Waals surface area contributed by atoms with Crippen molar-refractivity contribution in [1.82, 2.24) is 14.8 Å². The Labute approximate surface area is 121 Å². The van der Waals surface area contributed by atoms with Crippen LogP contribution in [0.15, 0.2) is 18.5 Å². The third-order valence-electron chi connectivity index (χ3n) is 3.63. The van der Waals surface area contributed by atoms with Crippen LogP contribution in [0.4, 0.5) is 5.69 Å². The zero-order chi connectivity index (χ0) is 15.1. The van der Waals surface area contributed by atoms with Crippen LogP contribution in [0.1, 0.15) is 26.3 Å². The van der Waals surface area contributed by atoms with Crippen LogP contribution in [0.25, 0.3) is 11.0 Å². The van der Waals surface area contributed by atoms with Gasteiger partial charge in [-0.2, -0.15) is 5.10 Å². The summed E-state index contributed by atoms with van der Waals surface area (Å²) in [6, 6.07) is 2.00. The summed E-state index contributed by atoms with van der Waals surface area (Å²) in [6.07, 6.45) is 3.68. The molecule has 0 bridgehead atoms. The molecule has 1 aliphatic rings. The first-order valence-corrected chi connectivity index (χ1v) is 6.84. The molecule has 2 N–H and O–H groups in total. The van der Waals surface area contributed by atoms with E-state index in [9.17, 15) is 9.59 Å².